The Bertz CT molecular complexity index is 1570. The van der Waals surface area contributed by atoms with Crippen LogP contribution in [-0.2, 0) is 10.0 Å². The zero-order valence-corrected chi connectivity index (χ0v) is 18.2. The van der Waals surface area contributed by atoms with Gasteiger partial charge in [-0.3, -0.25) is 4.72 Å². The number of aromatic nitrogens is 2. The van der Waals surface area contributed by atoms with Gasteiger partial charge >= 0.3 is 24.8 Å². The fourth-order valence-corrected chi connectivity index (χ4v) is 4.39. The Labute approximate surface area is 210 Å². The molecule has 2 aromatic heterocycles. The van der Waals surface area contributed by atoms with E-state index in [1.165, 1.54) is 25.4 Å². The summed E-state index contributed by atoms with van der Waals surface area (Å²) in [7, 11) is -3.17. The summed E-state index contributed by atoms with van der Waals surface area (Å²) >= 11 is 0. The van der Waals surface area contributed by atoms with E-state index in [9.17, 15) is 27.1 Å². The van der Waals surface area contributed by atoms with Crippen molar-refractivity contribution in [2.75, 3.05) is 17.6 Å². The molecule has 9 nitrogen and oxygen atoms in total. The number of halogens is 2. The predicted octanol–water partition coefficient (Wildman–Crippen LogP) is 3.02. The molecule has 0 unspecified atom stereocenters. The van der Waals surface area contributed by atoms with Crippen LogP contribution in [0.2, 0.25) is 0 Å². The molecule has 35 heavy (non-hydrogen) atoms. The van der Waals surface area contributed by atoms with Crippen molar-refractivity contribution in [3.63, 3.8) is 0 Å². The standard InChI is InChI=1S/C22H16F2N4O5S.Li.H/c1-33-21-18(28-34(31,32)19-5-3-14(23)9-16(19)24)8-13(10-26-21)11-2-4-17-12(6-11)7-15(22(29)30)20(25)27-17;;/h2-10,28H,1H3,(H2,25,27)(H,29,30);;. The van der Waals surface area contributed by atoms with E-state index in [0.717, 1.165) is 12.1 Å². The third-order valence-electron chi connectivity index (χ3n) is 4.88. The second-order valence-corrected chi connectivity index (χ2v) is 8.75. The van der Waals surface area contributed by atoms with Crippen LogP contribution in [-0.4, -0.2) is 55.4 Å². The molecule has 0 bridgehead atoms. The summed E-state index contributed by atoms with van der Waals surface area (Å²) in [6, 6.07) is 9.79. The molecule has 2 heterocycles. The van der Waals surface area contributed by atoms with Crippen molar-refractivity contribution in [1.82, 2.24) is 9.97 Å². The van der Waals surface area contributed by atoms with Crippen LogP contribution >= 0.6 is 0 Å². The second kappa shape index (κ2) is 9.87. The molecule has 176 valence electrons. The number of rotatable bonds is 6. The van der Waals surface area contributed by atoms with Crippen molar-refractivity contribution >= 4 is 57.3 Å². The molecule has 2 aromatic carbocycles. The fourth-order valence-electron chi connectivity index (χ4n) is 3.28. The number of hydrogen-bond donors (Lipinski definition) is 3. The van der Waals surface area contributed by atoms with Gasteiger partial charge in [0.1, 0.15) is 33.6 Å². The number of nitrogen functional groups attached to an aromatic ring is 1. The molecular weight excluding hydrogens is 477 g/mol. The molecule has 4 rings (SSSR count). The number of aromatic carboxylic acids is 1. The number of hydrogen-bond acceptors (Lipinski definition) is 7. The van der Waals surface area contributed by atoms with Gasteiger partial charge in [0.15, 0.2) is 0 Å². The average molecular weight is 494 g/mol. The van der Waals surface area contributed by atoms with Gasteiger partial charge in [-0.25, -0.2) is 32.0 Å². The number of pyridine rings is 2. The van der Waals surface area contributed by atoms with Gasteiger partial charge in [0.25, 0.3) is 10.0 Å². The minimum absolute atomic E-state index is 0. The van der Waals surface area contributed by atoms with Crippen molar-refractivity contribution in [2.24, 2.45) is 0 Å². The Kier molecular flexibility index (Phi) is 7.30. The Hall–Kier alpha value is -3.72. The van der Waals surface area contributed by atoms with E-state index in [2.05, 4.69) is 14.7 Å². The van der Waals surface area contributed by atoms with Gasteiger partial charge in [0, 0.05) is 23.2 Å². The molecule has 0 aliphatic rings. The number of benzene rings is 2. The van der Waals surface area contributed by atoms with Crippen LogP contribution in [0.1, 0.15) is 10.4 Å². The van der Waals surface area contributed by atoms with Crippen molar-refractivity contribution < 1.29 is 31.8 Å². The van der Waals surface area contributed by atoms with E-state index < -0.39 is 32.5 Å². The number of carboxylic acids is 1. The van der Waals surface area contributed by atoms with Crippen molar-refractivity contribution in [3.8, 4) is 17.0 Å². The van der Waals surface area contributed by atoms with Crippen LogP contribution in [0.5, 0.6) is 5.88 Å². The summed E-state index contributed by atoms with van der Waals surface area (Å²) in [6.07, 6.45) is 1.42. The first kappa shape index (κ1) is 25.9. The third kappa shape index (κ3) is 5.19. The Balaban J connectivity index is 0.00000342. The maximum absolute atomic E-state index is 14.1. The molecule has 0 aliphatic carbocycles. The predicted molar refractivity (Wildman–Crippen MR) is 127 cm³/mol. The summed E-state index contributed by atoms with van der Waals surface area (Å²) in [6.45, 7) is 0. The number of carbonyl (C=O) groups is 1. The van der Waals surface area contributed by atoms with Crippen LogP contribution in [0.15, 0.2) is 59.6 Å². The van der Waals surface area contributed by atoms with Gasteiger partial charge < -0.3 is 15.6 Å². The van der Waals surface area contributed by atoms with E-state index in [1.807, 2.05) is 0 Å². The molecule has 0 saturated carbocycles. The van der Waals surface area contributed by atoms with E-state index in [0.29, 0.717) is 28.1 Å². The quantitative estimate of drug-likeness (QED) is 0.347. The van der Waals surface area contributed by atoms with Crippen LogP contribution < -0.4 is 15.2 Å². The van der Waals surface area contributed by atoms with Crippen LogP contribution in [0, 0.1) is 11.6 Å². The number of carboxylic acid groups (broad SMARTS) is 1. The zero-order valence-electron chi connectivity index (χ0n) is 17.4. The molecular formula is C22H17F2LiN4O5S. The van der Waals surface area contributed by atoms with E-state index in [4.69, 9.17) is 10.5 Å². The molecule has 0 aliphatic heterocycles. The summed E-state index contributed by atoms with van der Waals surface area (Å²) in [4.78, 5) is 18.8. The van der Waals surface area contributed by atoms with Gasteiger partial charge in [-0.15, -0.1) is 0 Å². The first-order valence-corrected chi connectivity index (χ1v) is 11.0. The van der Waals surface area contributed by atoms with Gasteiger partial charge in [0.05, 0.1) is 12.6 Å². The van der Waals surface area contributed by atoms with Gasteiger partial charge in [-0.05, 0) is 42.0 Å². The molecule has 0 fully saturated rings. The summed E-state index contributed by atoms with van der Waals surface area (Å²) in [5.74, 6) is -3.61. The van der Waals surface area contributed by atoms with Crippen LogP contribution in [0.4, 0.5) is 20.3 Å². The van der Waals surface area contributed by atoms with Gasteiger partial charge in [-0.1, -0.05) is 6.07 Å². The first-order valence-electron chi connectivity index (χ1n) is 9.55. The van der Waals surface area contributed by atoms with Gasteiger partial charge in [-0.2, -0.15) is 0 Å². The normalized spacial score (nSPS) is 11.1. The Morgan fingerprint density at radius 2 is 1.83 bits per heavy atom. The van der Waals surface area contributed by atoms with Gasteiger partial charge in [0.2, 0.25) is 5.88 Å². The van der Waals surface area contributed by atoms with Crippen molar-refractivity contribution in [2.45, 2.75) is 4.90 Å². The van der Waals surface area contributed by atoms with Crippen LogP contribution in [0.3, 0.4) is 0 Å². The number of anilines is 2. The molecule has 0 spiro atoms. The molecule has 0 atom stereocenters. The number of nitrogens with zero attached hydrogens (tertiary/aromatic N) is 2. The molecule has 4 N–H and O–H groups in total. The topological polar surface area (TPSA) is 144 Å². The van der Waals surface area contributed by atoms with Crippen molar-refractivity contribution in [3.05, 3.63) is 71.9 Å². The number of fused-ring (bicyclic) bond motifs is 1. The van der Waals surface area contributed by atoms with E-state index >= 15 is 0 Å². The fraction of sp³-hybridized carbons (Fsp3) is 0.0455. The third-order valence-corrected chi connectivity index (χ3v) is 6.28. The van der Waals surface area contributed by atoms with E-state index in [-0.39, 0.29) is 41.8 Å². The second-order valence-electron chi connectivity index (χ2n) is 7.09. The minimum atomic E-state index is -4.45. The SMILES string of the molecule is COc1ncc(-c2ccc3nc(N)c(C(=O)O)cc3c2)cc1NS(=O)(=O)c1ccc(F)cc1F.[LiH]. The summed E-state index contributed by atoms with van der Waals surface area (Å²) in [5, 5.41) is 9.77. The number of methoxy groups -OCH3 is 1. The molecule has 0 radical (unpaired) electrons. The Morgan fingerprint density at radius 3 is 2.49 bits per heavy atom. The molecule has 4 aromatic rings. The van der Waals surface area contributed by atoms with Crippen LogP contribution in [0.25, 0.3) is 22.0 Å². The first-order chi connectivity index (χ1) is 16.1. The monoisotopic (exact) mass is 494 g/mol. The number of nitrogens with one attached hydrogen (secondary N) is 1. The van der Waals surface area contributed by atoms with Crippen molar-refractivity contribution in [1.29, 1.82) is 0 Å². The molecule has 0 saturated heterocycles. The van der Waals surface area contributed by atoms with E-state index in [1.54, 1.807) is 18.2 Å². The zero-order chi connectivity index (χ0) is 24.6. The Morgan fingerprint density at radius 1 is 1.09 bits per heavy atom. The summed E-state index contributed by atoms with van der Waals surface area (Å²) in [5.41, 5.74) is 6.89. The number of nitrogens with two attached hydrogens (primary N) is 1. The number of ether oxygens (including phenoxy) is 1. The molecule has 13 heteroatoms. The summed E-state index contributed by atoms with van der Waals surface area (Å²) < 4.78 is 60.0. The number of sulfonamides is 1. The molecule has 0 amide bonds. The average Bonchev–Trinajstić information content (AvgIpc) is 2.77. The maximum atomic E-state index is 14.1.